The third-order valence-electron chi connectivity index (χ3n) is 4.05. The standard InChI is InChI=1S/C15H21N7O2/c1-3-16-14-17-5-4-11(18-14)21-6-8-22(9-7-21)12-10-13(23)20(2)15(24)19-12/h4-5,10H,3,6-9H2,1-2H3,(H,19,24)(H,16,17,18). The summed E-state index contributed by atoms with van der Waals surface area (Å²) in [5.74, 6) is 2.06. The van der Waals surface area contributed by atoms with Crippen LogP contribution >= 0.6 is 0 Å². The summed E-state index contributed by atoms with van der Waals surface area (Å²) in [6.45, 7) is 5.67. The van der Waals surface area contributed by atoms with Gasteiger partial charge in [-0.15, -0.1) is 0 Å². The topological polar surface area (TPSA) is 99.1 Å². The maximum atomic E-state index is 11.8. The Morgan fingerprint density at radius 2 is 1.92 bits per heavy atom. The Morgan fingerprint density at radius 3 is 2.58 bits per heavy atom. The minimum atomic E-state index is -0.397. The van der Waals surface area contributed by atoms with E-state index in [4.69, 9.17) is 0 Å². The van der Waals surface area contributed by atoms with Crippen molar-refractivity contribution in [1.29, 1.82) is 0 Å². The summed E-state index contributed by atoms with van der Waals surface area (Å²) in [7, 11) is 1.46. The maximum absolute atomic E-state index is 11.8. The number of hydrogen-bond acceptors (Lipinski definition) is 7. The third kappa shape index (κ3) is 3.24. The molecular weight excluding hydrogens is 310 g/mol. The van der Waals surface area contributed by atoms with Crippen LogP contribution in [0.5, 0.6) is 0 Å². The number of aromatic nitrogens is 4. The van der Waals surface area contributed by atoms with Gasteiger partial charge in [0.25, 0.3) is 5.56 Å². The molecule has 1 aliphatic heterocycles. The van der Waals surface area contributed by atoms with Crippen LogP contribution in [0.25, 0.3) is 0 Å². The number of nitrogens with zero attached hydrogens (tertiary/aromatic N) is 5. The Bertz CT molecular complexity index is 790. The highest BCUT2D eigenvalue weighted by Crippen LogP contribution is 2.16. The van der Waals surface area contributed by atoms with Gasteiger partial charge in [0.15, 0.2) is 0 Å². The van der Waals surface area contributed by atoms with E-state index >= 15 is 0 Å². The van der Waals surface area contributed by atoms with E-state index in [1.54, 1.807) is 6.20 Å². The molecule has 0 amide bonds. The number of anilines is 3. The van der Waals surface area contributed by atoms with Crippen molar-refractivity contribution in [2.75, 3.05) is 47.8 Å². The zero-order chi connectivity index (χ0) is 17.1. The van der Waals surface area contributed by atoms with Gasteiger partial charge < -0.3 is 15.1 Å². The molecule has 9 heteroatoms. The molecule has 0 radical (unpaired) electrons. The molecule has 9 nitrogen and oxygen atoms in total. The fraction of sp³-hybridized carbons (Fsp3) is 0.467. The van der Waals surface area contributed by atoms with Crippen molar-refractivity contribution in [2.24, 2.45) is 7.05 Å². The van der Waals surface area contributed by atoms with E-state index in [1.165, 1.54) is 13.1 Å². The summed E-state index contributed by atoms with van der Waals surface area (Å²) < 4.78 is 1.06. The van der Waals surface area contributed by atoms with Crippen LogP contribution in [0.3, 0.4) is 0 Å². The smallest absolute Gasteiger partial charge is 0.329 e. The van der Waals surface area contributed by atoms with E-state index < -0.39 is 5.69 Å². The maximum Gasteiger partial charge on any atom is 0.329 e. The molecule has 0 aromatic carbocycles. The molecule has 3 heterocycles. The molecule has 24 heavy (non-hydrogen) atoms. The first kappa shape index (κ1) is 16.0. The van der Waals surface area contributed by atoms with E-state index in [9.17, 15) is 9.59 Å². The minimum Gasteiger partial charge on any atom is -0.354 e. The van der Waals surface area contributed by atoms with Crippen LogP contribution in [0.1, 0.15) is 6.92 Å². The Morgan fingerprint density at radius 1 is 1.21 bits per heavy atom. The van der Waals surface area contributed by atoms with Crippen LogP contribution in [-0.4, -0.2) is 52.2 Å². The largest absolute Gasteiger partial charge is 0.354 e. The van der Waals surface area contributed by atoms with Gasteiger partial charge >= 0.3 is 5.69 Å². The van der Waals surface area contributed by atoms with Crippen molar-refractivity contribution < 1.29 is 0 Å². The van der Waals surface area contributed by atoms with Crippen LogP contribution < -0.4 is 26.4 Å². The van der Waals surface area contributed by atoms with Gasteiger partial charge in [-0.25, -0.2) is 9.78 Å². The Hall–Kier alpha value is -2.84. The van der Waals surface area contributed by atoms with Crippen molar-refractivity contribution >= 4 is 17.6 Å². The van der Waals surface area contributed by atoms with Gasteiger partial charge in [0, 0.05) is 52.0 Å². The zero-order valence-corrected chi connectivity index (χ0v) is 13.8. The summed E-state index contributed by atoms with van der Waals surface area (Å²) in [5.41, 5.74) is -0.701. The second kappa shape index (κ2) is 6.73. The summed E-state index contributed by atoms with van der Waals surface area (Å²) in [6, 6.07) is 3.35. The van der Waals surface area contributed by atoms with Crippen molar-refractivity contribution in [3.63, 3.8) is 0 Å². The lowest BCUT2D eigenvalue weighted by Gasteiger charge is -2.36. The van der Waals surface area contributed by atoms with Crippen LogP contribution in [0.15, 0.2) is 27.9 Å². The predicted octanol–water partition coefficient (Wildman–Crippen LogP) is -0.378. The number of rotatable bonds is 4. The van der Waals surface area contributed by atoms with Crippen LogP contribution in [-0.2, 0) is 7.05 Å². The number of H-pyrrole nitrogens is 1. The summed E-state index contributed by atoms with van der Waals surface area (Å²) >= 11 is 0. The predicted molar refractivity (Wildman–Crippen MR) is 92.9 cm³/mol. The number of piperazine rings is 1. The summed E-state index contributed by atoms with van der Waals surface area (Å²) in [5, 5.41) is 3.10. The highest BCUT2D eigenvalue weighted by molar-refractivity contribution is 5.46. The molecule has 0 atom stereocenters. The molecule has 1 fully saturated rings. The molecule has 2 aromatic rings. The van der Waals surface area contributed by atoms with Crippen LogP contribution in [0, 0.1) is 0 Å². The van der Waals surface area contributed by atoms with Crippen LogP contribution in [0.2, 0.25) is 0 Å². The van der Waals surface area contributed by atoms with Crippen molar-refractivity contribution in [3.05, 3.63) is 39.2 Å². The molecule has 0 saturated carbocycles. The first-order chi connectivity index (χ1) is 11.6. The van der Waals surface area contributed by atoms with Crippen molar-refractivity contribution in [1.82, 2.24) is 19.5 Å². The molecule has 1 aliphatic rings. The fourth-order valence-corrected chi connectivity index (χ4v) is 2.66. The lowest BCUT2D eigenvalue weighted by molar-refractivity contribution is 0.634. The quantitative estimate of drug-likeness (QED) is 0.788. The van der Waals surface area contributed by atoms with E-state index in [1.807, 2.05) is 17.9 Å². The highest BCUT2D eigenvalue weighted by atomic mass is 16.2. The Balaban J connectivity index is 1.71. The first-order valence-corrected chi connectivity index (χ1v) is 7.95. The van der Waals surface area contributed by atoms with Gasteiger partial charge in [0.05, 0.1) is 0 Å². The molecule has 128 valence electrons. The molecular formula is C15H21N7O2. The van der Waals surface area contributed by atoms with E-state index in [0.717, 1.165) is 30.0 Å². The molecule has 2 aromatic heterocycles. The first-order valence-electron chi connectivity index (χ1n) is 7.95. The number of aromatic amines is 1. The normalized spacial score (nSPS) is 14.8. The highest BCUT2D eigenvalue weighted by Gasteiger charge is 2.20. The van der Waals surface area contributed by atoms with Gasteiger partial charge in [-0.2, -0.15) is 4.98 Å². The molecule has 0 spiro atoms. The summed E-state index contributed by atoms with van der Waals surface area (Å²) in [6.07, 6.45) is 1.74. The average molecular weight is 331 g/mol. The van der Waals surface area contributed by atoms with Gasteiger partial charge in [0.2, 0.25) is 5.95 Å². The fourth-order valence-electron chi connectivity index (χ4n) is 2.66. The minimum absolute atomic E-state index is 0.303. The number of nitrogens with one attached hydrogen (secondary N) is 2. The van der Waals surface area contributed by atoms with Gasteiger partial charge in [-0.3, -0.25) is 14.3 Å². The Kier molecular flexibility index (Phi) is 4.50. The second-order valence-electron chi connectivity index (χ2n) is 5.60. The van der Waals surface area contributed by atoms with Gasteiger partial charge in [0.1, 0.15) is 11.6 Å². The molecule has 1 saturated heterocycles. The zero-order valence-electron chi connectivity index (χ0n) is 13.8. The summed E-state index contributed by atoms with van der Waals surface area (Å²) in [4.78, 5) is 39.1. The average Bonchev–Trinajstić information content (AvgIpc) is 2.60. The van der Waals surface area contributed by atoms with E-state index in [0.29, 0.717) is 24.9 Å². The SMILES string of the molecule is CCNc1nccc(N2CCN(c3cc(=O)n(C)c(=O)[nH]3)CC2)n1. The molecule has 0 bridgehead atoms. The van der Waals surface area contributed by atoms with E-state index in [2.05, 4.69) is 25.2 Å². The molecule has 0 unspecified atom stereocenters. The van der Waals surface area contributed by atoms with E-state index in [-0.39, 0.29) is 5.56 Å². The van der Waals surface area contributed by atoms with Crippen molar-refractivity contribution in [2.45, 2.75) is 6.92 Å². The lowest BCUT2D eigenvalue weighted by Crippen LogP contribution is -2.48. The van der Waals surface area contributed by atoms with Crippen LogP contribution in [0.4, 0.5) is 17.6 Å². The Labute approximate surface area is 139 Å². The van der Waals surface area contributed by atoms with Crippen molar-refractivity contribution in [3.8, 4) is 0 Å². The molecule has 3 rings (SSSR count). The lowest BCUT2D eigenvalue weighted by atomic mass is 10.3. The third-order valence-corrected chi connectivity index (χ3v) is 4.05. The monoisotopic (exact) mass is 331 g/mol. The second-order valence-corrected chi connectivity index (χ2v) is 5.60. The van der Waals surface area contributed by atoms with Gasteiger partial charge in [-0.05, 0) is 13.0 Å². The van der Waals surface area contributed by atoms with Gasteiger partial charge in [-0.1, -0.05) is 0 Å². The molecule has 2 N–H and O–H groups in total. The molecule has 0 aliphatic carbocycles. The number of hydrogen-bond donors (Lipinski definition) is 2.